The van der Waals surface area contributed by atoms with Crippen molar-refractivity contribution in [3.8, 4) is 0 Å². The fourth-order valence-electron chi connectivity index (χ4n) is 2.89. The Morgan fingerprint density at radius 2 is 1.46 bits per heavy atom. The van der Waals surface area contributed by atoms with Crippen molar-refractivity contribution in [3.05, 3.63) is 71.0 Å². The van der Waals surface area contributed by atoms with Crippen molar-refractivity contribution in [2.45, 2.75) is 13.0 Å². The lowest BCUT2D eigenvalue weighted by atomic mass is 10.1. The molecule has 2 aromatic rings. The topological polar surface area (TPSA) is 95.6 Å². The van der Waals surface area contributed by atoms with Crippen LogP contribution in [0.2, 0.25) is 0 Å². The van der Waals surface area contributed by atoms with Crippen molar-refractivity contribution in [3.63, 3.8) is 0 Å². The van der Waals surface area contributed by atoms with E-state index in [1.807, 2.05) is 0 Å². The predicted molar refractivity (Wildman–Crippen MR) is 98.1 cm³/mol. The number of carbonyl (C=O) groups is 4. The van der Waals surface area contributed by atoms with E-state index in [4.69, 9.17) is 0 Å². The van der Waals surface area contributed by atoms with Crippen LogP contribution in [0.3, 0.4) is 0 Å². The summed E-state index contributed by atoms with van der Waals surface area (Å²) >= 11 is 0. The first-order valence-electron chi connectivity index (χ1n) is 8.68. The molecule has 3 rings (SSSR count). The first-order chi connectivity index (χ1) is 13.4. The smallest absolute Gasteiger partial charge is 0.262 e. The van der Waals surface area contributed by atoms with E-state index in [0.29, 0.717) is 5.56 Å². The van der Waals surface area contributed by atoms with Gasteiger partial charge < -0.3 is 10.6 Å². The molecular weight excluding hydrogens is 365 g/mol. The van der Waals surface area contributed by atoms with Crippen molar-refractivity contribution < 1.29 is 23.6 Å². The fourth-order valence-corrected chi connectivity index (χ4v) is 2.89. The van der Waals surface area contributed by atoms with E-state index in [1.54, 1.807) is 24.3 Å². The van der Waals surface area contributed by atoms with E-state index in [-0.39, 0.29) is 24.2 Å². The number of hydrogen-bond donors (Lipinski definition) is 2. The second-order valence-electron chi connectivity index (χ2n) is 6.26. The molecule has 1 atom stereocenters. The second kappa shape index (κ2) is 7.99. The largest absolute Gasteiger partial charge is 0.353 e. The van der Waals surface area contributed by atoms with E-state index < -0.39 is 35.5 Å². The number of hydrogen-bond acceptors (Lipinski definition) is 4. The van der Waals surface area contributed by atoms with Gasteiger partial charge in [-0.1, -0.05) is 12.1 Å². The Bertz CT molecular complexity index is 908. The lowest BCUT2D eigenvalue weighted by Crippen LogP contribution is -2.49. The molecular formula is C20H18FN3O4. The molecule has 28 heavy (non-hydrogen) atoms. The van der Waals surface area contributed by atoms with Gasteiger partial charge in [0.25, 0.3) is 17.7 Å². The molecule has 0 aromatic heterocycles. The van der Waals surface area contributed by atoms with Gasteiger partial charge in [0.2, 0.25) is 5.91 Å². The molecule has 7 nitrogen and oxygen atoms in total. The molecule has 8 heteroatoms. The van der Waals surface area contributed by atoms with Gasteiger partial charge in [0.1, 0.15) is 11.9 Å². The van der Waals surface area contributed by atoms with Crippen LogP contribution in [-0.4, -0.2) is 47.7 Å². The Kier molecular flexibility index (Phi) is 5.49. The number of halogens is 1. The van der Waals surface area contributed by atoms with Crippen LogP contribution in [0.15, 0.2) is 48.5 Å². The Balaban J connectivity index is 1.50. The van der Waals surface area contributed by atoms with Crippen molar-refractivity contribution >= 4 is 23.6 Å². The Labute approximate surface area is 160 Å². The summed E-state index contributed by atoms with van der Waals surface area (Å²) in [4.78, 5) is 49.9. The highest BCUT2D eigenvalue weighted by molar-refractivity contribution is 6.22. The summed E-state index contributed by atoms with van der Waals surface area (Å²) in [5.41, 5.74) is 0.851. The van der Waals surface area contributed by atoms with E-state index in [1.165, 1.54) is 31.2 Å². The van der Waals surface area contributed by atoms with Crippen molar-refractivity contribution in [1.82, 2.24) is 15.5 Å². The van der Waals surface area contributed by atoms with Crippen LogP contribution < -0.4 is 10.6 Å². The zero-order valence-electron chi connectivity index (χ0n) is 15.1. The maximum Gasteiger partial charge on any atom is 0.262 e. The van der Waals surface area contributed by atoms with Gasteiger partial charge in [0, 0.05) is 18.7 Å². The predicted octanol–water partition coefficient (Wildman–Crippen LogP) is 1.36. The SMILES string of the molecule is CC(C(=O)NCCNC(=O)c1ccc(F)cc1)N1C(=O)c2ccccc2C1=O. The molecule has 1 aliphatic heterocycles. The van der Waals surface area contributed by atoms with Crippen molar-refractivity contribution in [2.75, 3.05) is 13.1 Å². The van der Waals surface area contributed by atoms with Gasteiger partial charge in [-0.3, -0.25) is 24.1 Å². The molecule has 2 N–H and O–H groups in total. The summed E-state index contributed by atoms with van der Waals surface area (Å²) in [5, 5.41) is 5.17. The molecule has 0 aliphatic carbocycles. The summed E-state index contributed by atoms with van der Waals surface area (Å²) in [6.45, 7) is 1.71. The molecule has 0 saturated heterocycles. The van der Waals surface area contributed by atoms with Gasteiger partial charge in [-0.05, 0) is 43.3 Å². The Morgan fingerprint density at radius 1 is 0.929 bits per heavy atom. The van der Waals surface area contributed by atoms with Crippen LogP contribution in [0.25, 0.3) is 0 Å². The van der Waals surface area contributed by atoms with Gasteiger partial charge in [-0.2, -0.15) is 0 Å². The molecule has 0 spiro atoms. The van der Waals surface area contributed by atoms with Crippen molar-refractivity contribution in [1.29, 1.82) is 0 Å². The molecule has 0 bridgehead atoms. The third kappa shape index (κ3) is 3.75. The number of benzene rings is 2. The normalized spacial score (nSPS) is 13.9. The summed E-state index contributed by atoms with van der Waals surface area (Å²) in [6.07, 6.45) is 0. The van der Waals surface area contributed by atoms with E-state index in [2.05, 4.69) is 10.6 Å². The zero-order valence-corrected chi connectivity index (χ0v) is 15.1. The highest BCUT2D eigenvalue weighted by Gasteiger charge is 2.40. The van der Waals surface area contributed by atoms with Crippen LogP contribution in [0, 0.1) is 5.82 Å². The zero-order chi connectivity index (χ0) is 20.3. The monoisotopic (exact) mass is 383 g/mol. The first-order valence-corrected chi connectivity index (χ1v) is 8.68. The number of fused-ring (bicyclic) bond motifs is 1. The summed E-state index contributed by atoms with van der Waals surface area (Å²) in [7, 11) is 0. The highest BCUT2D eigenvalue weighted by atomic mass is 19.1. The minimum atomic E-state index is -0.986. The molecule has 1 heterocycles. The van der Waals surface area contributed by atoms with Crippen LogP contribution >= 0.6 is 0 Å². The number of imide groups is 1. The third-order valence-electron chi connectivity index (χ3n) is 4.41. The minimum Gasteiger partial charge on any atom is -0.353 e. The highest BCUT2D eigenvalue weighted by Crippen LogP contribution is 2.24. The van der Waals surface area contributed by atoms with Gasteiger partial charge in [0.05, 0.1) is 11.1 Å². The number of amides is 4. The first kappa shape index (κ1) is 19.2. The van der Waals surface area contributed by atoms with Crippen LogP contribution in [-0.2, 0) is 4.79 Å². The summed E-state index contributed by atoms with van der Waals surface area (Å²) < 4.78 is 12.9. The lowest BCUT2D eigenvalue weighted by molar-refractivity contribution is -0.124. The van der Waals surface area contributed by atoms with Crippen molar-refractivity contribution in [2.24, 2.45) is 0 Å². The van der Waals surface area contributed by atoms with Gasteiger partial charge in [-0.25, -0.2) is 4.39 Å². The molecule has 1 unspecified atom stereocenters. The Morgan fingerprint density at radius 3 is 2.04 bits per heavy atom. The lowest BCUT2D eigenvalue weighted by Gasteiger charge is -2.21. The second-order valence-corrected chi connectivity index (χ2v) is 6.26. The molecule has 1 aliphatic rings. The molecule has 2 aromatic carbocycles. The average molecular weight is 383 g/mol. The molecule has 144 valence electrons. The average Bonchev–Trinajstić information content (AvgIpc) is 2.95. The summed E-state index contributed by atoms with van der Waals surface area (Å²) in [5.74, 6) is -2.36. The van der Waals surface area contributed by atoms with E-state index in [0.717, 1.165) is 4.90 Å². The number of nitrogens with zero attached hydrogens (tertiary/aromatic N) is 1. The maximum absolute atomic E-state index is 12.9. The number of carbonyl (C=O) groups excluding carboxylic acids is 4. The quantitative estimate of drug-likeness (QED) is 0.582. The maximum atomic E-state index is 12.9. The summed E-state index contributed by atoms with van der Waals surface area (Å²) in [6, 6.07) is 10.5. The van der Waals surface area contributed by atoms with Gasteiger partial charge >= 0.3 is 0 Å². The van der Waals surface area contributed by atoms with Crippen LogP contribution in [0.5, 0.6) is 0 Å². The fraction of sp³-hybridized carbons (Fsp3) is 0.200. The Hall–Kier alpha value is -3.55. The molecule has 0 radical (unpaired) electrons. The van der Waals surface area contributed by atoms with E-state index >= 15 is 0 Å². The number of rotatable bonds is 6. The number of nitrogens with one attached hydrogen (secondary N) is 2. The standard InChI is InChI=1S/C20H18FN3O4/c1-12(24-19(27)15-4-2-3-5-16(15)20(24)28)17(25)22-10-11-23-18(26)13-6-8-14(21)9-7-13/h2-9,12H,10-11H2,1H3,(H,22,25)(H,23,26). The van der Waals surface area contributed by atoms with Gasteiger partial charge in [-0.15, -0.1) is 0 Å². The van der Waals surface area contributed by atoms with Gasteiger partial charge in [0.15, 0.2) is 0 Å². The molecule has 0 fully saturated rings. The minimum absolute atomic E-state index is 0.110. The van der Waals surface area contributed by atoms with E-state index in [9.17, 15) is 23.6 Å². The van der Waals surface area contributed by atoms with Crippen LogP contribution in [0.1, 0.15) is 38.0 Å². The molecule has 0 saturated carbocycles. The molecule has 4 amide bonds. The van der Waals surface area contributed by atoms with Crippen LogP contribution in [0.4, 0.5) is 4.39 Å². The third-order valence-corrected chi connectivity index (χ3v) is 4.41.